The molecule has 2 heterocycles. The number of nitrogens with zero attached hydrogens (tertiary/aromatic N) is 2. The summed E-state index contributed by atoms with van der Waals surface area (Å²) < 4.78 is 33.5. The van der Waals surface area contributed by atoms with Crippen molar-refractivity contribution in [2.24, 2.45) is 0 Å². The molecule has 4 aromatic rings. The van der Waals surface area contributed by atoms with Crippen molar-refractivity contribution in [3.05, 3.63) is 105 Å². The van der Waals surface area contributed by atoms with Crippen molar-refractivity contribution >= 4 is 68.2 Å². The van der Waals surface area contributed by atoms with Gasteiger partial charge in [-0.15, -0.1) is 0 Å². The number of nitrogens with one attached hydrogen (secondary N) is 1. The Balaban J connectivity index is 1.26. The van der Waals surface area contributed by atoms with Crippen molar-refractivity contribution in [3.8, 4) is 11.3 Å². The van der Waals surface area contributed by atoms with Crippen LogP contribution in [0.2, 0.25) is 15.1 Å². The average Bonchev–Trinajstić information content (AvgIpc) is 3.41. The SMILES string of the molecule is Cc1ccc(S(=O)(=O)N2CCN(c3c(Cl)cccc3NC(=O)/C=C/c3ccc(-c4cc(Cl)cc(Cl)c4)o3)CC2)cc1. The van der Waals surface area contributed by atoms with E-state index in [0.717, 1.165) is 11.1 Å². The molecule has 1 saturated heterocycles. The van der Waals surface area contributed by atoms with Crippen molar-refractivity contribution in [2.45, 2.75) is 11.8 Å². The number of rotatable bonds is 7. The van der Waals surface area contributed by atoms with Crippen LogP contribution in [0.4, 0.5) is 11.4 Å². The Morgan fingerprint density at radius 2 is 1.59 bits per heavy atom. The number of anilines is 2. The first-order valence-corrected chi connectivity index (χ1v) is 15.3. The largest absolute Gasteiger partial charge is 0.457 e. The summed E-state index contributed by atoms with van der Waals surface area (Å²) in [6.07, 6.45) is 2.92. The molecule has 41 heavy (non-hydrogen) atoms. The van der Waals surface area contributed by atoms with Gasteiger partial charge in [-0.1, -0.05) is 58.6 Å². The fraction of sp³-hybridized carbons (Fsp3) is 0.167. The summed E-state index contributed by atoms with van der Waals surface area (Å²) in [5, 5.41) is 4.33. The Morgan fingerprint density at radius 1 is 0.902 bits per heavy atom. The van der Waals surface area contributed by atoms with Gasteiger partial charge in [0.2, 0.25) is 15.9 Å². The minimum Gasteiger partial charge on any atom is -0.457 e. The summed E-state index contributed by atoms with van der Waals surface area (Å²) in [6, 6.07) is 20.7. The highest BCUT2D eigenvalue weighted by Gasteiger charge is 2.30. The van der Waals surface area contributed by atoms with Crippen LogP contribution >= 0.6 is 34.8 Å². The molecule has 1 aliphatic rings. The summed E-state index contributed by atoms with van der Waals surface area (Å²) >= 11 is 18.7. The van der Waals surface area contributed by atoms with E-state index in [1.54, 1.807) is 78.9 Å². The number of carbonyl (C=O) groups is 1. The second kappa shape index (κ2) is 12.3. The molecule has 0 unspecified atom stereocenters. The number of benzene rings is 3. The third-order valence-electron chi connectivity index (χ3n) is 6.63. The lowest BCUT2D eigenvalue weighted by molar-refractivity contribution is -0.111. The van der Waals surface area contributed by atoms with Gasteiger partial charge in [0.05, 0.1) is 21.3 Å². The predicted molar refractivity (Wildman–Crippen MR) is 165 cm³/mol. The van der Waals surface area contributed by atoms with Gasteiger partial charge >= 0.3 is 0 Å². The number of amides is 1. The number of hydrogen-bond donors (Lipinski definition) is 1. The molecule has 0 radical (unpaired) electrons. The Bertz CT molecular complexity index is 1690. The Hall–Kier alpha value is -3.27. The van der Waals surface area contributed by atoms with Crippen molar-refractivity contribution in [1.82, 2.24) is 4.31 Å². The molecule has 0 saturated carbocycles. The first kappa shape index (κ1) is 29.2. The van der Waals surface area contributed by atoms with E-state index >= 15 is 0 Å². The molecule has 1 amide bonds. The van der Waals surface area contributed by atoms with E-state index < -0.39 is 10.0 Å². The van der Waals surface area contributed by atoms with Gasteiger partial charge in [0.1, 0.15) is 11.5 Å². The second-order valence-electron chi connectivity index (χ2n) is 9.52. The molecule has 1 aliphatic heterocycles. The predicted octanol–water partition coefficient (Wildman–Crippen LogP) is 7.38. The van der Waals surface area contributed by atoms with Gasteiger partial charge in [0.15, 0.2) is 0 Å². The maximum Gasteiger partial charge on any atom is 0.248 e. The van der Waals surface area contributed by atoms with Crippen molar-refractivity contribution in [2.75, 3.05) is 36.4 Å². The van der Waals surface area contributed by atoms with Crippen LogP contribution < -0.4 is 10.2 Å². The molecule has 7 nitrogen and oxygen atoms in total. The van der Waals surface area contributed by atoms with Gasteiger partial charge in [0, 0.05) is 47.9 Å². The van der Waals surface area contributed by atoms with Crippen LogP contribution in [0.15, 0.2) is 88.2 Å². The lowest BCUT2D eigenvalue weighted by Crippen LogP contribution is -2.49. The van der Waals surface area contributed by atoms with Crippen LogP contribution in [-0.4, -0.2) is 44.8 Å². The van der Waals surface area contributed by atoms with Crippen LogP contribution in [0.3, 0.4) is 0 Å². The van der Waals surface area contributed by atoms with Gasteiger partial charge in [-0.05, 0) is 67.6 Å². The molecule has 212 valence electrons. The minimum atomic E-state index is -3.60. The second-order valence-corrected chi connectivity index (χ2v) is 12.7. The molecule has 5 rings (SSSR count). The van der Waals surface area contributed by atoms with Gasteiger partial charge < -0.3 is 14.6 Å². The monoisotopic (exact) mass is 629 g/mol. The number of aryl methyl sites for hydroxylation is 1. The molecule has 0 aliphatic carbocycles. The topological polar surface area (TPSA) is 82.9 Å². The quantitative estimate of drug-likeness (QED) is 0.216. The Kier molecular flexibility index (Phi) is 8.77. The molecule has 0 bridgehead atoms. The zero-order chi connectivity index (χ0) is 29.1. The lowest BCUT2D eigenvalue weighted by Gasteiger charge is -2.36. The third-order valence-corrected chi connectivity index (χ3v) is 9.29. The molecule has 0 atom stereocenters. The average molecular weight is 631 g/mol. The Morgan fingerprint density at radius 3 is 2.27 bits per heavy atom. The van der Waals surface area contributed by atoms with E-state index in [4.69, 9.17) is 39.2 Å². The third kappa shape index (κ3) is 6.80. The van der Waals surface area contributed by atoms with Crippen LogP contribution in [0, 0.1) is 6.92 Å². The van der Waals surface area contributed by atoms with Gasteiger partial charge in [-0.25, -0.2) is 8.42 Å². The maximum absolute atomic E-state index is 13.1. The van der Waals surface area contributed by atoms with E-state index in [9.17, 15) is 13.2 Å². The molecule has 11 heteroatoms. The highest BCUT2D eigenvalue weighted by atomic mass is 35.5. The van der Waals surface area contributed by atoms with Gasteiger partial charge in [-0.3, -0.25) is 4.79 Å². The summed E-state index contributed by atoms with van der Waals surface area (Å²) in [4.78, 5) is 15.1. The number of para-hydroxylation sites is 1. The van der Waals surface area contributed by atoms with Crippen LogP contribution in [-0.2, 0) is 14.8 Å². The van der Waals surface area contributed by atoms with Crippen molar-refractivity contribution in [3.63, 3.8) is 0 Å². The van der Waals surface area contributed by atoms with Gasteiger partial charge in [0.25, 0.3) is 0 Å². The lowest BCUT2D eigenvalue weighted by atomic mass is 10.2. The van der Waals surface area contributed by atoms with Crippen LogP contribution in [0.5, 0.6) is 0 Å². The number of furan rings is 1. The maximum atomic E-state index is 13.1. The zero-order valence-electron chi connectivity index (χ0n) is 22.0. The number of sulfonamides is 1. The minimum absolute atomic E-state index is 0.272. The smallest absolute Gasteiger partial charge is 0.248 e. The molecular weight excluding hydrogens is 605 g/mol. The summed E-state index contributed by atoms with van der Waals surface area (Å²) in [5.74, 6) is 0.663. The molecule has 3 aromatic carbocycles. The number of piperazine rings is 1. The molecule has 0 spiro atoms. The Labute approximate surface area is 254 Å². The fourth-order valence-corrected chi connectivity index (χ4v) is 6.82. The summed E-state index contributed by atoms with van der Waals surface area (Å²) in [6.45, 7) is 3.31. The standard InChI is InChI=1S/C30H26Cl3N3O4S/c1-20-5-9-25(10-6-20)41(38,39)36-15-13-35(14-16-36)30-26(33)3-2-4-27(30)34-29(37)12-8-24-7-11-28(40-24)21-17-22(31)19-23(32)18-21/h2-12,17-19H,13-16H2,1H3,(H,34,37)/b12-8+. The fourth-order valence-electron chi connectivity index (χ4n) is 4.57. The first-order valence-electron chi connectivity index (χ1n) is 12.8. The molecule has 1 aromatic heterocycles. The van der Waals surface area contributed by atoms with Crippen molar-refractivity contribution in [1.29, 1.82) is 0 Å². The zero-order valence-corrected chi connectivity index (χ0v) is 25.1. The number of halogens is 3. The number of carbonyl (C=O) groups excluding carboxylic acids is 1. The molecular formula is C30H26Cl3N3O4S. The first-order chi connectivity index (χ1) is 19.6. The summed E-state index contributed by atoms with van der Waals surface area (Å²) in [5.41, 5.74) is 2.88. The molecule has 1 N–H and O–H groups in total. The van der Waals surface area contributed by atoms with E-state index in [2.05, 4.69) is 5.32 Å². The van der Waals surface area contributed by atoms with E-state index in [1.807, 2.05) is 11.8 Å². The highest BCUT2D eigenvalue weighted by Crippen LogP contribution is 2.35. The van der Waals surface area contributed by atoms with E-state index in [1.165, 1.54) is 10.4 Å². The molecule has 1 fully saturated rings. The highest BCUT2D eigenvalue weighted by molar-refractivity contribution is 7.89. The normalized spacial score (nSPS) is 14.5. The van der Waals surface area contributed by atoms with E-state index in [-0.39, 0.29) is 23.9 Å². The van der Waals surface area contributed by atoms with Crippen molar-refractivity contribution < 1.29 is 17.6 Å². The van der Waals surface area contributed by atoms with Gasteiger partial charge in [-0.2, -0.15) is 4.31 Å². The number of hydrogen-bond acceptors (Lipinski definition) is 5. The van der Waals surface area contributed by atoms with E-state index in [0.29, 0.717) is 51.1 Å². The summed E-state index contributed by atoms with van der Waals surface area (Å²) in [7, 11) is -3.60. The van der Waals surface area contributed by atoms with Crippen LogP contribution in [0.1, 0.15) is 11.3 Å². The van der Waals surface area contributed by atoms with Crippen LogP contribution in [0.25, 0.3) is 17.4 Å².